The van der Waals surface area contributed by atoms with Crippen molar-refractivity contribution in [1.82, 2.24) is 10.2 Å². The van der Waals surface area contributed by atoms with Crippen LogP contribution in [0.5, 0.6) is 0 Å². The minimum absolute atomic E-state index is 0.276. The summed E-state index contributed by atoms with van der Waals surface area (Å²) in [5, 5.41) is 27.7. The van der Waals surface area contributed by atoms with Crippen LogP contribution in [0.1, 0.15) is 25.3 Å². The van der Waals surface area contributed by atoms with Crippen LogP contribution in [0.2, 0.25) is 0 Å². The second-order valence-electron chi connectivity index (χ2n) is 6.37. The van der Waals surface area contributed by atoms with E-state index < -0.39 is 51.9 Å². The molecule has 8 nitrogen and oxygen atoms in total. The van der Waals surface area contributed by atoms with E-state index in [9.17, 15) is 29.4 Å². The number of fused-ring (bicyclic) bond motifs is 1. The van der Waals surface area contributed by atoms with Crippen molar-refractivity contribution in [2.45, 2.75) is 42.0 Å². The summed E-state index contributed by atoms with van der Waals surface area (Å²) in [5.41, 5.74) is 0.276. The van der Waals surface area contributed by atoms with Gasteiger partial charge in [-0.25, -0.2) is 0 Å². The summed E-state index contributed by atoms with van der Waals surface area (Å²) in [7, 11) is 0. The number of nitrogens with zero attached hydrogens (tertiary/aromatic N) is 1. The standard InChI is InChI=1S/C15H16N2O6S2/c1-15(2)9(14(22)23)17-11(19)8(12(17)25-15)16-10(18)7(13(20)21)6-3-4-24-5-6/h3-5,7-9,12H,1-2H3,(H,16,18)(H,20,21)(H,22,23)/p-2. The average Bonchev–Trinajstić information content (AvgIpc) is 3.09. The summed E-state index contributed by atoms with van der Waals surface area (Å²) in [6.07, 6.45) is 0. The monoisotopic (exact) mass is 382 g/mol. The zero-order valence-electron chi connectivity index (χ0n) is 13.3. The molecule has 3 heterocycles. The lowest BCUT2D eigenvalue weighted by molar-refractivity contribution is -0.312. The topological polar surface area (TPSA) is 130 Å². The molecule has 1 aromatic rings. The average molecular weight is 382 g/mol. The van der Waals surface area contributed by atoms with Gasteiger partial charge in [-0.05, 0) is 36.2 Å². The number of nitrogens with one attached hydrogen (secondary N) is 1. The number of thioether (sulfide) groups is 1. The summed E-state index contributed by atoms with van der Waals surface area (Å²) in [4.78, 5) is 48.5. The maximum absolute atomic E-state index is 12.4. The van der Waals surface area contributed by atoms with Gasteiger partial charge >= 0.3 is 0 Å². The Kier molecular flexibility index (Phi) is 4.28. The molecule has 4 atom stereocenters. The number of β-lactam (4-membered cyclic amide) rings is 1. The highest BCUT2D eigenvalue weighted by Gasteiger charge is 2.62. The molecule has 2 aliphatic rings. The zero-order valence-corrected chi connectivity index (χ0v) is 14.9. The molecule has 0 spiro atoms. The molecule has 134 valence electrons. The van der Waals surface area contributed by atoms with Gasteiger partial charge in [0.1, 0.15) is 17.3 Å². The van der Waals surface area contributed by atoms with Gasteiger partial charge in [-0.15, -0.1) is 11.8 Å². The van der Waals surface area contributed by atoms with Crippen LogP contribution in [0.4, 0.5) is 0 Å². The summed E-state index contributed by atoms with van der Waals surface area (Å²) < 4.78 is -0.778. The second kappa shape index (κ2) is 6.03. The van der Waals surface area contributed by atoms with Crippen LogP contribution in [0, 0.1) is 0 Å². The first-order chi connectivity index (χ1) is 11.6. The first-order valence-electron chi connectivity index (χ1n) is 7.39. The minimum atomic E-state index is -1.56. The van der Waals surface area contributed by atoms with E-state index in [-0.39, 0.29) is 5.56 Å². The largest absolute Gasteiger partial charge is 0.549 e. The van der Waals surface area contributed by atoms with Gasteiger partial charge in [0.25, 0.3) is 0 Å². The first-order valence-corrected chi connectivity index (χ1v) is 9.21. The molecule has 0 aromatic carbocycles. The van der Waals surface area contributed by atoms with E-state index in [1.165, 1.54) is 39.4 Å². The molecule has 10 heteroatoms. The Morgan fingerprint density at radius 1 is 1.32 bits per heavy atom. The van der Waals surface area contributed by atoms with Crippen LogP contribution < -0.4 is 15.5 Å². The molecule has 2 amide bonds. The first kappa shape index (κ1) is 17.7. The van der Waals surface area contributed by atoms with Crippen molar-refractivity contribution in [3.63, 3.8) is 0 Å². The van der Waals surface area contributed by atoms with E-state index in [1.807, 2.05) is 0 Å². The molecule has 0 saturated carbocycles. The number of hydrogen-bond acceptors (Lipinski definition) is 8. The van der Waals surface area contributed by atoms with Crippen LogP contribution in [0.15, 0.2) is 16.8 Å². The van der Waals surface area contributed by atoms with Gasteiger partial charge in [0, 0.05) is 4.75 Å². The number of carbonyl (C=O) groups is 4. The third kappa shape index (κ3) is 2.78. The highest BCUT2D eigenvalue weighted by Crippen LogP contribution is 2.50. The summed E-state index contributed by atoms with van der Waals surface area (Å²) in [5.74, 6) is -5.86. The Hall–Kier alpha value is -2.07. The van der Waals surface area contributed by atoms with Crippen LogP contribution >= 0.6 is 23.1 Å². The van der Waals surface area contributed by atoms with Crippen molar-refractivity contribution in [1.29, 1.82) is 0 Å². The molecule has 0 bridgehead atoms. The number of carbonyl (C=O) groups excluding carboxylic acids is 4. The smallest absolute Gasteiger partial charge is 0.249 e. The van der Waals surface area contributed by atoms with E-state index in [0.29, 0.717) is 0 Å². The molecule has 0 radical (unpaired) electrons. The maximum Gasteiger partial charge on any atom is 0.249 e. The summed E-state index contributed by atoms with van der Waals surface area (Å²) >= 11 is 2.47. The van der Waals surface area contributed by atoms with Gasteiger partial charge in [0.2, 0.25) is 11.8 Å². The number of amides is 2. The quantitative estimate of drug-likeness (QED) is 0.455. The lowest BCUT2D eigenvalue weighted by Crippen LogP contribution is -2.72. The fourth-order valence-corrected chi connectivity index (χ4v) is 5.50. The van der Waals surface area contributed by atoms with Crippen molar-refractivity contribution in [3.05, 3.63) is 22.4 Å². The zero-order chi connectivity index (χ0) is 18.5. The van der Waals surface area contributed by atoms with Crippen molar-refractivity contribution in [2.24, 2.45) is 0 Å². The van der Waals surface area contributed by atoms with E-state index >= 15 is 0 Å². The second-order valence-corrected chi connectivity index (χ2v) is 8.92. The van der Waals surface area contributed by atoms with E-state index in [0.717, 1.165) is 0 Å². The van der Waals surface area contributed by atoms with E-state index in [4.69, 9.17) is 0 Å². The summed E-state index contributed by atoms with van der Waals surface area (Å²) in [6, 6.07) is -0.572. The Morgan fingerprint density at radius 3 is 2.52 bits per heavy atom. The molecule has 1 N–H and O–H groups in total. The molecule has 0 aliphatic carbocycles. The molecule has 2 saturated heterocycles. The van der Waals surface area contributed by atoms with Gasteiger partial charge < -0.3 is 30.0 Å². The van der Waals surface area contributed by atoms with Crippen molar-refractivity contribution < 1.29 is 29.4 Å². The Labute approximate surface area is 151 Å². The molecule has 3 rings (SSSR count). The third-order valence-electron chi connectivity index (χ3n) is 4.34. The minimum Gasteiger partial charge on any atom is -0.549 e. The number of hydrogen-bond donors (Lipinski definition) is 1. The normalized spacial score (nSPS) is 28.0. The van der Waals surface area contributed by atoms with Crippen LogP contribution in [0.3, 0.4) is 0 Å². The number of aliphatic carboxylic acids is 2. The highest BCUT2D eigenvalue weighted by atomic mass is 32.2. The third-order valence-corrected chi connectivity index (χ3v) is 6.61. The molecular formula is C15H14N2O6S2-2. The van der Waals surface area contributed by atoms with Gasteiger partial charge in [0.05, 0.1) is 18.0 Å². The molecule has 2 fully saturated rings. The lowest BCUT2D eigenvalue weighted by Gasteiger charge is -2.45. The Morgan fingerprint density at radius 2 is 2.00 bits per heavy atom. The predicted octanol–water partition coefficient (Wildman–Crippen LogP) is -2.12. The molecule has 4 unspecified atom stereocenters. The molecule has 1 aromatic heterocycles. The SMILES string of the molecule is CC1(C)SC2C(NC(=O)C(C(=O)[O-])c3ccsc3)C(=O)N2C1C(=O)[O-]. The van der Waals surface area contributed by atoms with E-state index in [2.05, 4.69) is 5.32 Å². The van der Waals surface area contributed by atoms with Gasteiger partial charge in [-0.1, -0.05) is 0 Å². The predicted molar refractivity (Wildman–Crippen MR) is 85.1 cm³/mol. The lowest BCUT2D eigenvalue weighted by atomic mass is 9.95. The van der Waals surface area contributed by atoms with Crippen molar-refractivity contribution in [3.8, 4) is 0 Å². The fourth-order valence-electron chi connectivity index (χ4n) is 3.20. The Bertz CT molecular complexity index is 747. The van der Waals surface area contributed by atoms with Crippen LogP contribution in [-0.4, -0.2) is 50.9 Å². The number of carboxylic acids is 2. The van der Waals surface area contributed by atoms with Gasteiger partial charge in [0.15, 0.2) is 0 Å². The van der Waals surface area contributed by atoms with Gasteiger partial charge in [-0.2, -0.15) is 11.3 Å². The van der Waals surface area contributed by atoms with E-state index in [1.54, 1.807) is 19.2 Å². The Balaban J connectivity index is 1.77. The fraction of sp³-hybridized carbons (Fsp3) is 0.467. The van der Waals surface area contributed by atoms with Crippen molar-refractivity contribution >= 4 is 46.9 Å². The number of rotatable bonds is 5. The maximum atomic E-state index is 12.4. The molecule has 25 heavy (non-hydrogen) atoms. The number of carboxylic acid groups (broad SMARTS) is 2. The highest BCUT2D eigenvalue weighted by molar-refractivity contribution is 8.01. The number of thiophene rings is 1. The van der Waals surface area contributed by atoms with Gasteiger partial charge in [-0.3, -0.25) is 9.59 Å². The van der Waals surface area contributed by atoms with Crippen molar-refractivity contribution in [2.75, 3.05) is 0 Å². The molecular weight excluding hydrogens is 368 g/mol. The van der Waals surface area contributed by atoms with Crippen LogP contribution in [-0.2, 0) is 19.2 Å². The molecule has 2 aliphatic heterocycles. The van der Waals surface area contributed by atoms with Crippen LogP contribution in [0.25, 0.3) is 0 Å². The summed E-state index contributed by atoms with van der Waals surface area (Å²) in [6.45, 7) is 3.36.